The molecule has 2 aromatic rings. The molecule has 0 aliphatic carbocycles. The van der Waals surface area contributed by atoms with Gasteiger partial charge in [-0.3, -0.25) is 4.79 Å². The van der Waals surface area contributed by atoms with Crippen molar-refractivity contribution in [2.75, 3.05) is 0 Å². The molecule has 0 unspecified atom stereocenters. The number of benzene rings is 1. The number of rotatable bonds is 3. The number of aldehydes is 1. The Balaban J connectivity index is 2.21. The zero-order chi connectivity index (χ0) is 9.80. The zero-order valence-electron chi connectivity index (χ0n) is 7.04. The number of tetrazole rings is 1. The lowest BCUT2D eigenvalue weighted by Crippen LogP contribution is -1.87. The van der Waals surface area contributed by atoms with Crippen molar-refractivity contribution in [2.45, 2.75) is 0 Å². The smallest absolute Gasteiger partial charge is 0.361 e. The van der Waals surface area contributed by atoms with Gasteiger partial charge < -0.3 is 4.74 Å². The second kappa shape index (κ2) is 3.65. The maximum atomic E-state index is 10.5. The van der Waals surface area contributed by atoms with E-state index < -0.39 is 0 Å². The van der Waals surface area contributed by atoms with Crippen molar-refractivity contribution in [3.8, 4) is 11.8 Å². The molecule has 6 heteroatoms. The number of aromatic amines is 1. The summed E-state index contributed by atoms with van der Waals surface area (Å²) >= 11 is 0. The van der Waals surface area contributed by atoms with Gasteiger partial charge >= 0.3 is 6.01 Å². The van der Waals surface area contributed by atoms with Gasteiger partial charge in [-0.2, -0.15) is 5.21 Å². The number of carbonyl (C=O) groups excluding carboxylic acids is 1. The standard InChI is InChI=1S/C8H6N4O2/c13-5-6-2-1-3-7(4-6)14-8-9-11-12-10-8/h1-5H,(H,9,10,11,12). The van der Waals surface area contributed by atoms with Gasteiger partial charge in [0.1, 0.15) is 12.0 Å². The van der Waals surface area contributed by atoms with E-state index in [9.17, 15) is 4.79 Å². The quantitative estimate of drug-likeness (QED) is 0.724. The van der Waals surface area contributed by atoms with Crippen molar-refractivity contribution in [1.82, 2.24) is 20.6 Å². The molecule has 0 atom stereocenters. The molecular weight excluding hydrogens is 184 g/mol. The lowest BCUT2D eigenvalue weighted by atomic mass is 10.2. The van der Waals surface area contributed by atoms with Crippen LogP contribution in [0.3, 0.4) is 0 Å². The molecule has 0 aliphatic rings. The van der Waals surface area contributed by atoms with Crippen LogP contribution in [0.4, 0.5) is 0 Å². The van der Waals surface area contributed by atoms with Gasteiger partial charge in [-0.05, 0) is 17.3 Å². The van der Waals surface area contributed by atoms with Crippen LogP contribution in [0.15, 0.2) is 24.3 Å². The maximum Gasteiger partial charge on any atom is 0.361 e. The van der Waals surface area contributed by atoms with Crippen molar-refractivity contribution < 1.29 is 9.53 Å². The molecule has 0 saturated heterocycles. The molecular formula is C8H6N4O2. The third-order valence-corrected chi connectivity index (χ3v) is 1.53. The topological polar surface area (TPSA) is 80.8 Å². The van der Waals surface area contributed by atoms with Crippen LogP contribution in [-0.4, -0.2) is 26.9 Å². The summed E-state index contributed by atoms with van der Waals surface area (Å²) < 4.78 is 5.19. The van der Waals surface area contributed by atoms with Crippen LogP contribution < -0.4 is 4.74 Å². The molecule has 1 heterocycles. The van der Waals surface area contributed by atoms with Crippen molar-refractivity contribution >= 4 is 6.29 Å². The normalized spacial score (nSPS) is 9.71. The van der Waals surface area contributed by atoms with Crippen LogP contribution in [0.5, 0.6) is 11.8 Å². The van der Waals surface area contributed by atoms with Crippen LogP contribution in [0.25, 0.3) is 0 Å². The predicted octanol–water partition coefficient (Wildman–Crippen LogP) is 0.804. The van der Waals surface area contributed by atoms with Crippen LogP contribution >= 0.6 is 0 Å². The molecule has 0 saturated carbocycles. The van der Waals surface area contributed by atoms with E-state index in [0.29, 0.717) is 11.3 Å². The first-order chi connectivity index (χ1) is 6.88. The Hall–Kier alpha value is -2.24. The van der Waals surface area contributed by atoms with Gasteiger partial charge in [-0.1, -0.05) is 22.3 Å². The van der Waals surface area contributed by atoms with Gasteiger partial charge in [0.05, 0.1) is 0 Å². The fourth-order valence-electron chi connectivity index (χ4n) is 0.953. The molecule has 0 aliphatic heterocycles. The molecule has 6 nitrogen and oxygen atoms in total. The Morgan fingerprint density at radius 3 is 3.07 bits per heavy atom. The highest BCUT2D eigenvalue weighted by molar-refractivity contribution is 5.75. The summed E-state index contributed by atoms with van der Waals surface area (Å²) in [5, 5.41) is 12.8. The summed E-state index contributed by atoms with van der Waals surface area (Å²) in [6.07, 6.45) is 0.739. The molecule has 1 aromatic carbocycles. The first-order valence-electron chi connectivity index (χ1n) is 3.85. The van der Waals surface area contributed by atoms with Gasteiger partial charge in [-0.15, -0.1) is 0 Å². The minimum absolute atomic E-state index is 0.119. The summed E-state index contributed by atoms with van der Waals surface area (Å²) in [5.41, 5.74) is 0.533. The van der Waals surface area contributed by atoms with E-state index in [4.69, 9.17) is 4.74 Å². The number of hydrogen-bond donors (Lipinski definition) is 1. The fourth-order valence-corrected chi connectivity index (χ4v) is 0.953. The minimum atomic E-state index is 0.119. The lowest BCUT2D eigenvalue weighted by Gasteiger charge is -1.99. The number of hydrogen-bond acceptors (Lipinski definition) is 5. The first-order valence-corrected chi connectivity index (χ1v) is 3.85. The fraction of sp³-hybridized carbons (Fsp3) is 0. The van der Waals surface area contributed by atoms with Gasteiger partial charge in [0, 0.05) is 5.56 Å². The summed E-state index contributed by atoms with van der Waals surface area (Å²) in [4.78, 5) is 10.5. The molecule has 70 valence electrons. The second-order valence-electron chi connectivity index (χ2n) is 2.49. The Morgan fingerprint density at radius 1 is 1.43 bits per heavy atom. The van der Waals surface area contributed by atoms with E-state index in [-0.39, 0.29) is 6.01 Å². The highest BCUT2D eigenvalue weighted by Gasteiger charge is 2.01. The first kappa shape index (κ1) is 8.36. The van der Waals surface area contributed by atoms with Crippen molar-refractivity contribution in [3.63, 3.8) is 0 Å². The van der Waals surface area contributed by atoms with Crippen molar-refractivity contribution in [3.05, 3.63) is 29.8 Å². The van der Waals surface area contributed by atoms with E-state index >= 15 is 0 Å². The van der Waals surface area contributed by atoms with Crippen LogP contribution in [0, 0.1) is 0 Å². The van der Waals surface area contributed by atoms with Crippen LogP contribution in [0.2, 0.25) is 0 Å². The van der Waals surface area contributed by atoms with E-state index in [1.807, 2.05) is 0 Å². The minimum Gasteiger partial charge on any atom is -0.422 e. The van der Waals surface area contributed by atoms with Crippen molar-refractivity contribution in [2.24, 2.45) is 0 Å². The molecule has 0 fully saturated rings. The molecule has 0 spiro atoms. The van der Waals surface area contributed by atoms with E-state index in [2.05, 4.69) is 20.6 Å². The molecule has 1 aromatic heterocycles. The highest BCUT2D eigenvalue weighted by Crippen LogP contribution is 2.16. The Labute approximate surface area is 78.9 Å². The monoisotopic (exact) mass is 190 g/mol. The van der Waals surface area contributed by atoms with Crippen LogP contribution in [0.1, 0.15) is 10.4 Å². The van der Waals surface area contributed by atoms with E-state index in [0.717, 1.165) is 6.29 Å². The number of H-pyrrole nitrogens is 1. The molecule has 0 bridgehead atoms. The number of carbonyl (C=O) groups is 1. The third kappa shape index (κ3) is 1.74. The number of nitrogens with one attached hydrogen (secondary N) is 1. The summed E-state index contributed by atoms with van der Waals surface area (Å²) in [6, 6.07) is 6.79. The summed E-state index contributed by atoms with van der Waals surface area (Å²) in [6.45, 7) is 0. The molecule has 2 rings (SSSR count). The summed E-state index contributed by atoms with van der Waals surface area (Å²) in [5.74, 6) is 0.496. The average molecular weight is 190 g/mol. The largest absolute Gasteiger partial charge is 0.422 e. The van der Waals surface area contributed by atoms with E-state index in [1.165, 1.54) is 0 Å². The molecule has 14 heavy (non-hydrogen) atoms. The molecule has 1 N–H and O–H groups in total. The average Bonchev–Trinajstić information content (AvgIpc) is 2.71. The summed E-state index contributed by atoms with van der Waals surface area (Å²) in [7, 11) is 0. The lowest BCUT2D eigenvalue weighted by molar-refractivity contribution is 0.112. The number of aromatic nitrogens is 4. The Kier molecular flexibility index (Phi) is 2.18. The Bertz CT molecular complexity index is 427. The third-order valence-electron chi connectivity index (χ3n) is 1.53. The highest BCUT2D eigenvalue weighted by atomic mass is 16.5. The maximum absolute atomic E-state index is 10.5. The van der Waals surface area contributed by atoms with Gasteiger partial charge in [0.15, 0.2) is 0 Å². The SMILES string of the molecule is O=Cc1cccc(Oc2nn[nH]n2)c1. The molecule has 0 radical (unpaired) electrons. The van der Waals surface area contributed by atoms with E-state index in [1.54, 1.807) is 24.3 Å². The van der Waals surface area contributed by atoms with Gasteiger partial charge in [0.2, 0.25) is 0 Å². The molecule has 0 amide bonds. The van der Waals surface area contributed by atoms with Crippen LogP contribution in [-0.2, 0) is 0 Å². The number of nitrogens with zero attached hydrogens (tertiary/aromatic N) is 3. The second-order valence-corrected chi connectivity index (χ2v) is 2.49. The number of ether oxygens (including phenoxy) is 1. The zero-order valence-corrected chi connectivity index (χ0v) is 7.04. The van der Waals surface area contributed by atoms with Gasteiger partial charge in [0.25, 0.3) is 0 Å². The Morgan fingerprint density at radius 2 is 2.36 bits per heavy atom. The predicted molar refractivity (Wildman–Crippen MR) is 46.1 cm³/mol. The van der Waals surface area contributed by atoms with Gasteiger partial charge in [-0.25, -0.2) is 0 Å². The van der Waals surface area contributed by atoms with Crippen molar-refractivity contribution in [1.29, 1.82) is 0 Å².